The molecule has 1 aromatic heterocycles. The van der Waals surface area contributed by atoms with Gasteiger partial charge in [-0.15, -0.1) is 0 Å². The minimum atomic E-state index is -0.982. The maximum absolute atomic E-state index is 11.2. The van der Waals surface area contributed by atoms with E-state index in [4.69, 9.17) is 4.74 Å². The summed E-state index contributed by atoms with van der Waals surface area (Å²) in [5, 5.41) is 18.3. The zero-order valence-corrected chi connectivity index (χ0v) is 14.9. The fourth-order valence-corrected chi connectivity index (χ4v) is 3.00. The Bertz CT molecular complexity index is 946. The molecule has 1 heterocycles. The number of fused-ring (bicyclic) bond motifs is 1. The molecule has 0 aliphatic carbocycles. The van der Waals surface area contributed by atoms with Gasteiger partial charge < -0.3 is 19.5 Å². The molecule has 0 spiro atoms. The number of ether oxygens (including phenoxy) is 1. The van der Waals surface area contributed by atoms with Gasteiger partial charge in [0, 0.05) is 13.2 Å². The minimum Gasteiger partial charge on any atom is -0.485 e. The lowest BCUT2D eigenvalue weighted by Gasteiger charge is -2.12. The molecule has 3 rings (SSSR count). The number of aliphatic hydroxyl groups is 1. The van der Waals surface area contributed by atoms with Gasteiger partial charge in [-0.1, -0.05) is 17.7 Å². The fraction of sp³-hybridized carbons (Fsp3) is 0.300. The summed E-state index contributed by atoms with van der Waals surface area (Å²) in [6.45, 7) is 4.96. The van der Waals surface area contributed by atoms with E-state index in [0.29, 0.717) is 24.3 Å². The third-order valence-corrected chi connectivity index (χ3v) is 4.30. The van der Waals surface area contributed by atoms with E-state index in [0.717, 1.165) is 16.8 Å². The molecule has 3 aromatic rings. The first kappa shape index (κ1) is 17.9. The van der Waals surface area contributed by atoms with Crippen LogP contribution < -0.4 is 4.74 Å². The molecule has 0 amide bonds. The molecule has 6 nitrogen and oxygen atoms in total. The summed E-state index contributed by atoms with van der Waals surface area (Å²) in [5.41, 5.74) is 3.87. The van der Waals surface area contributed by atoms with E-state index in [1.54, 1.807) is 18.2 Å². The number of aromatic carboxylic acids is 1. The van der Waals surface area contributed by atoms with E-state index in [9.17, 15) is 15.0 Å². The van der Waals surface area contributed by atoms with Crippen molar-refractivity contribution >= 4 is 17.0 Å². The lowest BCUT2D eigenvalue weighted by atomic mass is 10.1. The second-order valence-corrected chi connectivity index (χ2v) is 6.32. The van der Waals surface area contributed by atoms with Crippen molar-refractivity contribution in [3.05, 3.63) is 58.9 Å². The monoisotopic (exact) mass is 354 g/mol. The summed E-state index contributed by atoms with van der Waals surface area (Å²) in [7, 11) is 0. The molecule has 0 aliphatic heterocycles. The maximum atomic E-state index is 11.2. The number of hydrogen-bond acceptors (Lipinski definition) is 4. The number of rotatable bonds is 7. The molecule has 0 aliphatic rings. The molecular formula is C20H22N2O4. The number of hydrogen-bond donors (Lipinski definition) is 2. The van der Waals surface area contributed by atoms with Gasteiger partial charge in [-0.3, -0.25) is 0 Å². The van der Waals surface area contributed by atoms with Gasteiger partial charge in [0.15, 0.2) is 0 Å². The van der Waals surface area contributed by atoms with Crippen LogP contribution in [0.15, 0.2) is 36.4 Å². The summed E-state index contributed by atoms with van der Waals surface area (Å²) in [6, 6.07) is 10.9. The number of aryl methyl sites for hydroxylation is 3. The average molecular weight is 354 g/mol. The minimum absolute atomic E-state index is 0.0737. The predicted molar refractivity (Wildman–Crippen MR) is 98.6 cm³/mol. The summed E-state index contributed by atoms with van der Waals surface area (Å²) < 4.78 is 7.92. The second-order valence-electron chi connectivity index (χ2n) is 6.32. The SMILES string of the molecule is Cc1ccc(OCc2nc3cc(C(=O)O)ccc3n2CCCO)c(C)c1. The average Bonchev–Trinajstić information content (AvgIpc) is 2.95. The van der Waals surface area contributed by atoms with Gasteiger partial charge in [-0.2, -0.15) is 0 Å². The van der Waals surface area contributed by atoms with Crippen molar-refractivity contribution in [1.82, 2.24) is 9.55 Å². The highest BCUT2D eigenvalue weighted by Gasteiger charge is 2.14. The molecule has 0 atom stereocenters. The molecule has 0 bridgehead atoms. The van der Waals surface area contributed by atoms with E-state index in [-0.39, 0.29) is 18.8 Å². The van der Waals surface area contributed by atoms with Crippen LogP contribution in [0.2, 0.25) is 0 Å². The Morgan fingerprint density at radius 2 is 2.00 bits per heavy atom. The lowest BCUT2D eigenvalue weighted by molar-refractivity contribution is 0.0697. The predicted octanol–water partition coefficient (Wildman–Crippen LogP) is 3.31. The molecule has 6 heteroatoms. The highest BCUT2D eigenvalue weighted by atomic mass is 16.5. The lowest BCUT2D eigenvalue weighted by Crippen LogP contribution is -2.09. The van der Waals surface area contributed by atoms with Crippen LogP contribution in [0.5, 0.6) is 5.75 Å². The van der Waals surface area contributed by atoms with E-state index < -0.39 is 5.97 Å². The number of nitrogens with zero attached hydrogens (tertiary/aromatic N) is 2. The first-order valence-electron chi connectivity index (χ1n) is 8.53. The highest BCUT2D eigenvalue weighted by molar-refractivity contribution is 5.92. The molecule has 0 fully saturated rings. The van der Waals surface area contributed by atoms with Crippen LogP contribution in [-0.4, -0.2) is 32.3 Å². The van der Waals surface area contributed by atoms with Gasteiger partial charge in [0.1, 0.15) is 18.2 Å². The zero-order valence-electron chi connectivity index (χ0n) is 14.9. The van der Waals surface area contributed by atoms with Crippen LogP contribution in [0.1, 0.15) is 33.7 Å². The molecule has 2 aromatic carbocycles. The number of imidazole rings is 1. The largest absolute Gasteiger partial charge is 0.485 e. The first-order chi connectivity index (χ1) is 12.5. The van der Waals surface area contributed by atoms with Crippen LogP contribution in [0.3, 0.4) is 0 Å². The van der Waals surface area contributed by atoms with E-state index in [1.165, 1.54) is 5.56 Å². The summed E-state index contributed by atoms with van der Waals surface area (Å²) >= 11 is 0. The normalized spacial score (nSPS) is 11.0. The van der Waals surface area contributed by atoms with Gasteiger partial charge in [-0.25, -0.2) is 9.78 Å². The van der Waals surface area contributed by atoms with Crippen LogP contribution in [-0.2, 0) is 13.2 Å². The van der Waals surface area contributed by atoms with Gasteiger partial charge in [0.05, 0.1) is 16.6 Å². The fourth-order valence-electron chi connectivity index (χ4n) is 3.00. The Balaban J connectivity index is 1.93. The Hall–Kier alpha value is -2.86. The maximum Gasteiger partial charge on any atom is 0.335 e. The van der Waals surface area contributed by atoms with Crippen LogP contribution in [0.4, 0.5) is 0 Å². The number of aliphatic hydroxyl groups excluding tert-OH is 1. The van der Waals surface area contributed by atoms with E-state index in [1.807, 2.05) is 30.5 Å². The third kappa shape index (κ3) is 3.70. The molecule has 0 unspecified atom stereocenters. The summed E-state index contributed by atoms with van der Waals surface area (Å²) in [6.07, 6.45) is 0.586. The zero-order chi connectivity index (χ0) is 18.7. The topological polar surface area (TPSA) is 84.6 Å². The number of carboxylic acid groups (broad SMARTS) is 1. The van der Waals surface area contributed by atoms with E-state index in [2.05, 4.69) is 11.1 Å². The molecule has 0 radical (unpaired) electrons. The Morgan fingerprint density at radius 1 is 1.19 bits per heavy atom. The molecule has 26 heavy (non-hydrogen) atoms. The summed E-state index contributed by atoms with van der Waals surface area (Å²) in [5.74, 6) is 0.517. The second kappa shape index (κ2) is 7.58. The van der Waals surface area contributed by atoms with Crippen LogP contribution >= 0.6 is 0 Å². The van der Waals surface area contributed by atoms with Gasteiger partial charge in [0.2, 0.25) is 0 Å². The highest BCUT2D eigenvalue weighted by Crippen LogP contribution is 2.23. The van der Waals surface area contributed by atoms with Crippen molar-refractivity contribution in [2.75, 3.05) is 6.61 Å². The van der Waals surface area contributed by atoms with E-state index >= 15 is 0 Å². The van der Waals surface area contributed by atoms with Gasteiger partial charge in [0.25, 0.3) is 0 Å². The van der Waals surface area contributed by atoms with Crippen LogP contribution in [0, 0.1) is 13.8 Å². The van der Waals surface area contributed by atoms with Crippen LogP contribution in [0.25, 0.3) is 11.0 Å². The van der Waals surface area contributed by atoms with Crippen molar-refractivity contribution < 1.29 is 19.7 Å². The first-order valence-corrected chi connectivity index (χ1v) is 8.53. The third-order valence-electron chi connectivity index (χ3n) is 4.30. The van der Waals surface area contributed by atoms with Crippen molar-refractivity contribution in [3.63, 3.8) is 0 Å². The molecule has 2 N–H and O–H groups in total. The smallest absolute Gasteiger partial charge is 0.335 e. The standard InChI is InChI=1S/C20H22N2O4/c1-13-4-7-18(14(2)10-13)26-12-19-21-16-11-15(20(24)25)5-6-17(16)22(19)8-3-9-23/h4-7,10-11,23H,3,8-9,12H2,1-2H3,(H,24,25). The number of carbonyl (C=O) groups is 1. The van der Waals surface area contributed by atoms with Gasteiger partial charge in [-0.05, 0) is 50.1 Å². The molecular weight excluding hydrogens is 332 g/mol. The number of carboxylic acids is 1. The molecule has 0 saturated heterocycles. The quantitative estimate of drug-likeness (QED) is 0.680. The molecule has 0 saturated carbocycles. The van der Waals surface area contributed by atoms with Crippen molar-refractivity contribution in [3.8, 4) is 5.75 Å². The number of aromatic nitrogens is 2. The van der Waals surface area contributed by atoms with Gasteiger partial charge >= 0.3 is 5.97 Å². The number of benzene rings is 2. The van der Waals surface area contributed by atoms with Crippen molar-refractivity contribution in [1.29, 1.82) is 0 Å². The Labute approximate surface area is 151 Å². The Morgan fingerprint density at radius 3 is 2.69 bits per heavy atom. The van der Waals surface area contributed by atoms with Crippen molar-refractivity contribution in [2.45, 2.75) is 33.4 Å². The Kier molecular flexibility index (Phi) is 5.23. The molecule has 136 valence electrons. The van der Waals surface area contributed by atoms with Crippen molar-refractivity contribution in [2.24, 2.45) is 0 Å². The summed E-state index contributed by atoms with van der Waals surface area (Å²) in [4.78, 5) is 15.8.